The van der Waals surface area contributed by atoms with Gasteiger partial charge in [-0.05, 0) is 18.2 Å². The zero-order chi connectivity index (χ0) is 14.5. The molecule has 1 saturated heterocycles. The second-order valence-electron chi connectivity index (χ2n) is 4.49. The van der Waals surface area contributed by atoms with Crippen molar-refractivity contribution in [1.82, 2.24) is 4.90 Å². The van der Waals surface area contributed by atoms with Crippen molar-refractivity contribution in [3.8, 4) is 11.8 Å². The predicted molar refractivity (Wildman–Crippen MR) is 69.1 cm³/mol. The van der Waals surface area contributed by atoms with Crippen LogP contribution in [0, 0.1) is 17.1 Å². The van der Waals surface area contributed by atoms with Crippen molar-refractivity contribution in [3.05, 3.63) is 29.6 Å². The molecule has 1 unspecified atom stereocenters. The summed E-state index contributed by atoms with van der Waals surface area (Å²) < 4.78 is 23.5. The largest absolute Gasteiger partial charge is 0.496 e. The molecular formula is C14H15FN2O3. The molecular weight excluding hydrogens is 263 g/mol. The number of ketones is 1. The third-order valence-electron chi connectivity index (χ3n) is 3.12. The lowest BCUT2D eigenvalue weighted by Crippen LogP contribution is -2.44. The maximum atomic E-state index is 13.3. The Morgan fingerprint density at radius 3 is 3.15 bits per heavy atom. The van der Waals surface area contributed by atoms with Gasteiger partial charge in [0.05, 0.1) is 31.9 Å². The third kappa shape index (κ3) is 3.32. The zero-order valence-electron chi connectivity index (χ0n) is 11.1. The number of methoxy groups -OCH3 is 1. The average Bonchev–Trinajstić information content (AvgIpc) is 2.47. The van der Waals surface area contributed by atoms with Gasteiger partial charge >= 0.3 is 0 Å². The van der Waals surface area contributed by atoms with Gasteiger partial charge in [-0.15, -0.1) is 0 Å². The number of nitriles is 1. The summed E-state index contributed by atoms with van der Waals surface area (Å²) in [6, 6.07) is 5.87. The summed E-state index contributed by atoms with van der Waals surface area (Å²) in [5, 5.41) is 8.82. The second-order valence-corrected chi connectivity index (χ2v) is 4.49. The molecule has 1 heterocycles. The Bertz CT molecular complexity index is 542. The van der Waals surface area contributed by atoms with E-state index in [1.165, 1.54) is 25.3 Å². The molecule has 0 radical (unpaired) electrons. The normalized spacial score (nSPS) is 19.4. The van der Waals surface area contributed by atoms with Crippen LogP contribution < -0.4 is 4.74 Å². The first-order chi connectivity index (χ1) is 9.63. The number of carbonyl (C=O) groups excluding carboxylic acids is 1. The van der Waals surface area contributed by atoms with E-state index < -0.39 is 11.9 Å². The van der Waals surface area contributed by atoms with Gasteiger partial charge in [-0.2, -0.15) is 5.26 Å². The topological polar surface area (TPSA) is 62.6 Å². The Morgan fingerprint density at radius 1 is 1.65 bits per heavy atom. The van der Waals surface area contributed by atoms with Crippen molar-refractivity contribution in [2.75, 3.05) is 33.4 Å². The quantitative estimate of drug-likeness (QED) is 0.775. The van der Waals surface area contributed by atoms with Crippen LogP contribution in [0.3, 0.4) is 0 Å². The molecule has 6 heteroatoms. The van der Waals surface area contributed by atoms with Crippen LogP contribution in [0.15, 0.2) is 18.2 Å². The molecule has 1 aliphatic heterocycles. The maximum Gasteiger partial charge on any atom is 0.180 e. The number of halogens is 1. The lowest BCUT2D eigenvalue weighted by atomic mass is 10.1. The maximum absolute atomic E-state index is 13.3. The van der Waals surface area contributed by atoms with Gasteiger partial charge in [0.25, 0.3) is 0 Å². The molecule has 1 aromatic carbocycles. The molecule has 0 saturated carbocycles. The minimum absolute atomic E-state index is 0.112. The summed E-state index contributed by atoms with van der Waals surface area (Å²) in [5.41, 5.74) is 0.215. The lowest BCUT2D eigenvalue weighted by Gasteiger charge is -2.29. The molecule has 1 aromatic rings. The molecule has 1 fully saturated rings. The standard InChI is InChI=1S/C14H15FN2O3/c1-19-14-3-2-10(15)6-12(14)13(18)9-17-4-5-20-11(7-16)8-17/h2-3,6,11H,4-5,8-9H2,1H3. The molecule has 0 spiro atoms. The van der Waals surface area contributed by atoms with E-state index in [0.717, 1.165) is 0 Å². The summed E-state index contributed by atoms with van der Waals surface area (Å²) in [4.78, 5) is 14.1. The van der Waals surface area contributed by atoms with Gasteiger partial charge in [-0.25, -0.2) is 4.39 Å². The average molecular weight is 278 g/mol. The monoisotopic (exact) mass is 278 g/mol. The summed E-state index contributed by atoms with van der Waals surface area (Å²) in [5.74, 6) is -0.368. The molecule has 0 amide bonds. The minimum Gasteiger partial charge on any atom is -0.496 e. The Labute approximate surface area is 116 Å². The molecule has 0 aromatic heterocycles. The third-order valence-corrected chi connectivity index (χ3v) is 3.12. The van der Waals surface area contributed by atoms with Crippen LogP contribution in [0.5, 0.6) is 5.75 Å². The van der Waals surface area contributed by atoms with E-state index in [2.05, 4.69) is 0 Å². The number of nitrogens with zero attached hydrogens (tertiary/aromatic N) is 2. The fourth-order valence-corrected chi connectivity index (χ4v) is 2.11. The van der Waals surface area contributed by atoms with E-state index in [9.17, 15) is 9.18 Å². The molecule has 2 rings (SSSR count). The van der Waals surface area contributed by atoms with Crippen molar-refractivity contribution in [1.29, 1.82) is 5.26 Å². The first-order valence-corrected chi connectivity index (χ1v) is 6.24. The highest BCUT2D eigenvalue weighted by Gasteiger charge is 2.23. The summed E-state index contributed by atoms with van der Waals surface area (Å²) >= 11 is 0. The number of hydrogen-bond acceptors (Lipinski definition) is 5. The fraction of sp³-hybridized carbons (Fsp3) is 0.429. The Hall–Kier alpha value is -1.97. The SMILES string of the molecule is COc1ccc(F)cc1C(=O)CN1CCOC(C#N)C1. The highest BCUT2D eigenvalue weighted by molar-refractivity contribution is 6.00. The number of Topliss-reactive ketones (excluding diaryl/α,β-unsaturated/α-hetero) is 1. The molecule has 0 N–H and O–H groups in total. The Morgan fingerprint density at radius 2 is 2.45 bits per heavy atom. The zero-order valence-corrected chi connectivity index (χ0v) is 11.1. The van der Waals surface area contributed by atoms with Crippen molar-refractivity contribution >= 4 is 5.78 Å². The van der Waals surface area contributed by atoms with E-state index >= 15 is 0 Å². The summed E-state index contributed by atoms with van der Waals surface area (Å²) in [6.07, 6.45) is -0.522. The van der Waals surface area contributed by atoms with Gasteiger partial charge in [-0.3, -0.25) is 9.69 Å². The van der Waals surface area contributed by atoms with Crippen LogP contribution in [0.1, 0.15) is 10.4 Å². The van der Waals surface area contributed by atoms with Gasteiger partial charge < -0.3 is 9.47 Å². The van der Waals surface area contributed by atoms with Crippen LogP contribution >= 0.6 is 0 Å². The van der Waals surface area contributed by atoms with Crippen LogP contribution in [-0.4, -0.2) is 50.1 Å². The summed E-state index contributed by atoms with van der Waals surface area (Å²) in [7, 11) is 1.43. The first-order valence-electron chi connectivity index (χ1n) is 6.24. The van der Waals surface area contributed by atoms with Crippen LogP contribution in [0.4, 0.5) is 4.39 Å². The van der Waals surface area contributed by atoms with E-state index in [4.69, 9.17) is 14.7 Å². The first kappa shape index (κ1) is 14.4. The van der Waals surface area contributed by atoms with E-state index in [1.807, 2.05) is 11.0 Å². The molecule has 0 aliphatic carbocycles. The molecule has 106 valence electrons. The van der Waals surface area contributed by atoms with Gasteiger partial charge in [-0.1, -0.05) is 0 Å². The van der Waals surface area contributed by atoms with Crippen LogP contribution in [0.25, 0.3) is 0 Å². The van der Waals surface area contributed by atoms with Gasteiger partial charge in [0.1, 0.15) is 11.6 Å². The van der Waals surface area contributed by atoms with E-state index in [1.54, 1.807) is 0 Å². The molecule has 0 bridgehead atoms. The predicted octanol–water partition coefficient (Wildman–Crippen LogP) is 1.24. The van der Waals surface area contributed by atoms with Crippen molar-refractivity contribution in [3.63, 3.8) is 0 Å². The molecule has 5 nitrogen and oxygen atoms in total. The number of carbonyl (C=O) groups is 1. The van der Waals surface area contributed by atoms with Gasteiger partial charge in [0.15, 0.2) is 11.9 Å². The van der Waals surface area contributed by atoms with E-state index in [-0.39, 0.29) is 17.9 Å². The fourth-order valence-electron chi connectivity index (χ4n) is 2.11. The van der Waals surface area contributed by atoms with E-state index in [0.29, 0.717) is 25.4 Å². The highest BCUT2D eigenvalue weighted by Crippen LogP contribution is 2.20. The minimum atomic E-state index is -0.522. The number of hydrogen-bond donors (Lipinski definition) is 0. The molecule has 1 aliphatic rings. The van der Waals surface area contributed by atoms with Gasteiger partial charge in [0, 0.05) is 13.1 Å². The second kappa shape index (κ2) is 6.46. The Kier molecular flexibility index (Phi) is 4.66. The number of morpholine rings is 1. The van der Waals surface area contributed by atoms with Crippen molar-refractivity contribution in [2.24, 2.45) is 0 Å². The Balaban J connectivity index is 2.08. The number of rotatable bonds is 4. The molecule has 20 heavy (non-hydrogen) atoms. The smallest absolute Gasteiger partial charge is 0.180 e. The summed E-state index contributed by atoms with van der Waals surface area (Å²) in [6.45, 7) is 1.47. The van der Waals surface area contributed by atoms with Crippen molar-refractivity contribution in [2.45, 2.75) is 6.10 Å². The number of ether oxygens (including phenoxy) is 2. The number of benzene rings is 1. The van der Waals surface area contributed by atoms with Crippen molar-refractivity contribution < 1.29 is 18.7 Å². The lowest BCUT2D eigenvalue weighted by molar-refractivity contribution is 0.00238. The van der Waals surface area contributed by atoms with Crippen LogP contribution in [0.2, 0.25) is 0 Å². The van der Waals surface area contributed by atoms with Crippen LogP contribution in [-0.2, 0) is 4.74 Å². The molecule has 1 atom stereocenters. The highest BCUT2D eigenvalue weighted by atomic mass is 19.1. The van der Waals surface area contributed by atoms with Gasteiger partial charge in [0.2, 0.25) is 0 Å².